The fourth-order valence-corrected chi connectivity index (χ4v) is 2.16. The first-order valence-corrected chi connectivity index (χ1v) is 6.25. The Kier molecular flexibility index (Phi) is 5.11. The molecule has 1 amide bonds. The van der Waals surface area contributed by atoms with Crippen molar-refractivity contribution in [3.05, 3.63) is 47.0 Å². The molecule has 1 aromatic carbocycles. The summed E-state index contributed by atoms with van der Waals surface area (Å²) in [7, 11) is 0. The molecular formula is C13H14BrNO4. The molecule has 2 N–H and O–H groups in total. The molecule has 19 heavy (non-hydrogen) atoms. The smallest absolute Gasteiger partial charge is 0.408 e. The van der Waals surface area contributed by atoms with Crippen LogP contribution in [0.15, 0.2) is 41.4 Å². The maximum absolute atomic E-state index is 11.5. The van der Waals surface area contributed by atoms with Gasteiger partial charge in [0.25, 0.3) is 0 Å². The second-order valence-electron chi connectivity index (χ2n) is 3.92. The van der Waals surface area contributed by atoms with E-state index in [2.05, 4.69) is 27.8 Å². The van der Waals surface area contributed by atoms with Crippen molar-refractivity contribution in [3.8, 4) is 0 Å². The molecule has 0 saturated carbocycles. The van der Waals surface area contributed by atoms with Gasteiger partial charge in [0.1, 0.15) is 6.61 Å². The molecule has 0 aliphatic carbocycles. The van der Waals surface area contributed by atoms with Crippen LogP contribution in [0.5, 0.6) is 0 Å². The van der Waals surface area contributed by atoms with Crippen molar-refractivity contribution >= 4 is 28.0 Å². The number of carboxylic acid groups (broad SMARTS) is 1. The zero-order valence-corrected chi connectivity index (χ0v) is 11.9. The quantitative estimate of drug-likeness (QED) is 0.815. The average molecular weight is 328 g/mol. The van der Waals surface area contributed by atoms with Gasteiger partial charge in [-0.1, -0.05) is 46.8 Å². The number of ether oxygens (including phenoxy) is 1. The Balaban J connectivity index is 3.05. The molecule has 1 atom stereocenters. The molecule has 0 aliphatic rings. The minimum atomic E-state index is -1.58. The average Bonchev–Trinajstić information content (AvgIpc) is 2.36. The van der Waals surface area contributed by atoms with E-state index in [0.717, 1.165) is 0 Å². The van der Waals surface area contributed by atoms with E-state index in [9.17, 15) is 14.7 Å². The van der Waals surface area contributed by atoms with Gasteiger partial charge in [-0.3, -0.25) is 0 Å². The summed E-state index contributed by atoms with van der Waals surface area (Å²) in [6, 6.07) is 6.77. The molecule has 1 unspecified atom stereocenters. The highest BCUT2D eigenvalue weighted by molar-refractivity contribution is 9.10. The van der Waals surface area contributed by atoms with E-state index in [1.807, 2.05) is 0 Å². The standard InChI is InChI=1S/C13H14BrNO4/c1-3-8-19-12(18)15-13(2,11(16)17)9-6-4-5-7-10(9)14/h3-7H,1,8H2,2H3,(H,15,18)(H,16,17). The molecular weight excluding hydrogens is 314 g/mol. The zero-order valence-electron chi connectivity index (χ0n) is 10.4. The molecule has 0 fully saturated rings. The highest BCUT2D eigenvalue weighted by Gasteiger charge is 2.38. The Morgan fingerprint density at radius 2 is 2.16 bits per heavy atom. The fraction of sp³-hybridized carbons (Fsp3) is 0.231. The number of aliphatic carboxylic acids is 1. The number of alkyl carbamates (subject to hydrolysis) is 1. The van der Waals surface area contributed by atoms with Crippen LogP contribution in [0.2, 0.25) is 0 Å². The maximum Gasteiger partial charge on any atom is 0.408 e. The Morgan fingerprint density at radius 3 is 2.68 bits per heavy atom. The van der Waals surface area contributed by atoms with E-state index in [0.29, 0.717) is 10.0 Å². The van der Waals surface area contributed by atoms with Gasteiger partial charge >= 0.3 is 12.1 Å². The van der Waals surface area contributed by atoms with Gasteiger partial charge in [-0.05, 0) is 13.0 Å². The molecule has 5 nitrogen and oxygen atoms in total. The summed E-state index contributed by atoms with van der Waals surface area (Å²) in [6.07, 6.45) is 0.580. The highest BCUT2D eigenvalue weighted by atomic mass is 79.9. The molecule has 0 aromatic heterocycles. The number of halogens is 1. The molecule has 0 bridgehead atoms. The van der Waals surface area contributed by atoms with E-state index in [1.54, 1.807) is 24.3 Å². The van der Waals surface area contributed by atoms with E-state index in [4.69, 9.17) is 4.74 Å². The predicted molar refractivity (Wildman–Crippen MR) is 73.8 cm³/mol. The number of carbonyl (C=O) groups excluding carboxylic acids is 1. The number of carboxylic acids is 1. The molecule has 0 aliphatic heterocycles. The monoisotopic (exact) mass is 327 g/mol. The summed E-state index contributed by atoms with van der Waals surface area (Å²) in [5.41, 5.74) is -1.16. The van der Waals surface area contributed by atoms with E-state index in [1.165, 1.54) is 13.0 Å². The summed E-state index contributed by atoms with van der Waals surface area (Å²) in [6.45, 7) is 4.81. The van der Waals surface area contributed by atoms with Crippen molar-refractivity contribution in [2.75, 3.05) is 6.61 Å². The molecule has 0 heterocycles. The Labute approximate surface area is 119 Å². The molecule has 102 valence electrons. The van der Waals surface area contributed by atoms with E-state index in [-0.39, 0.29) is 6.61 Å². The van der Waals surface area contributed by atoms with Gasteiger partial charge in [0.05, 0.1) is 0 Å². The van der Waals surface area contributed by atoms with Gasteiger partial charge < -0.3 is 15.2 Å². The second kappa shape index (κ2) is 6.38. The van der Waals surface area contributed by atoms with Crippen molar-refractivity contribution in [1.29, 1.82) is 0 Å². The van der Waals surface area contributed by atoms with Crippen LogP contribution in [0.25, 0.3) is 0 Å². The highest BCUT2D eigenvalue weighted by Crippen LogP contribution is 2.28. The molecule has 0 radical (unpaired) electrons. The second-order valence-corrected chi connectivity index (χ2v) is 4.78. The number of rotatable bonds is 5. The Morgan fingerprint density at radius 1 is 1.53 bits per heavy atom. The normalized spacial score (nSPS) is 13.2. The van der Waals surface area contributed by atoms with Crippen molar-refractivity contribution in [2.24, 2.45) is 0 Å². The third kappa shape index (κ3) is 3.57. The van der Waals surface area contributed by atoms with Gasteiger partial charge in [0, 0.05) is 10.0 Å². The first kappa shape index (κ1) is 15.2. The van der Waals surface area contributed by atoms with E-state index < -0.39 is 17.6 Å². The van der Waals surface area contributed by atoms with Crippen LogP contribution in [-0.4, -0.2) is 23.8 Å². The first-order chi connectivity index (χ1) is 8.91. The molecule has 6 heteroatoms. The van der Waals surface area contributed by atoms with Crippen molar-refractivity contribution < 1.29 is 19.4 Å². The lowest BCUT2D eigenvalue weighted by molar-refractivity contribution is -0.144. The molecule has 0 saturated heterocycles. The van der Waals surface area contributed by atoms with E-state index >= 15 is 0 Å². The zero-order chi connectivity index (χ0) is 14.5. The molecule has 0 spiro atoms. The minimum Gasteiger partial charge on any atom is -0.479 e. The van der Waals surface area contributed by atoms with Gasteiger partial charge in [-0.25, -0.2) is 9.59 Å². The van der Waals surface area contributed by atoms with Crippen LogP contribution in [0, 0.1) is 0 Å². The predicted octanol–water partition coefficient (Wildman–Crippen LogP) is 2.66. The van der Waals surface area contributed by atoms with Crippen molar-refractivity contribution in [2.45, 2.75) is 12.5 Å². The Bertz CT molecular complexity index is 503. The minimum absolute atomic E-state index is 0.0114. The van der Waals surface area contributed by atoms with Crippen LogP contribution in [0.4, 0.5) is 4.79 Å². The summed E-state index contributed by atoms with van der Waals surface area (Å²) in [5, 5.41) is 11.7. The van der Waals surface area contributed by atoms with Crippen molar-refractivity contribution in [1.82, 2.24) is 5.32 Å². The van der Waals surface area contributed by atoms with Crippen LogP contribution in [0.3, 0.4) is 0 Å². The van der Waals surface area contributed by atoms with Crippen LogP contribution in [-0.2, 0) is 15.1 Å². The lowest BCUT2D eigenvalue weighted by atomic mass is 9.92. The largest absolute Gasteiger partial charge is 0.479 e. The number of carbonyl (C=O) groups is 2. The fourth-order valence-electron chi connectivity index (χ4n) is 1.48. The lowest BCUT2D eigenvalue weighted by Crippen LogP contribution is -2.50. The summed E-state index contributed by atoms with van der Waals surface area (Å²) in [5.74, 6) is -1.19. The summed E-state index contributed by atoms with van der Waals surface area (Å²) in [4.78, 5) is 23.0. The van der Waals surface area contributed by atoms with Crippen LogP contribution >= 0.6 is 15.9 Å². The summed E-state index contributed by atoms with van der Waals surface area (Å²) < 4.78 is 5.34. The maximum atomic E-state index is 11.5. The number of hydrogen-bond acceptors (Lipinski definition) is 3. The first-order valence-electron chi connectivity index (χ1n) is 5.46. The van der Waals surface area contributed by atoms with Gasteiger partial charge in [0.15, 0.2) is 5.54 Å². The molecule has 1 rings (SSSR count). The summed E-state index contributed by atoms with van der Waals surface area (Å²) >= 11 is 3.27. The van der Waals surface area contributed by atoms with Crippen LogP contribution in [0.1, 0.15) is 12.5 Å². The number of benzene rings is 1. The van der Waals surface area contributed by atoms with Gasteiger partial charge in [-0.2, -0.15) is 0 Å². The topological polar surface area (TPSA) is 75.6 Å². The number of nitrogens with one attached hydrogen (secondary N) is 1. The third-order valence-electron chi connectivity index (χ3n) is 2.52. The third-order valence-corrected chi connectivity index (χ3v) is 3.22. The SMILES string of the molecule is C=CCOC(=O)NC(C)(C(=O)O)c1ccccc1Br. The Hall–Kier alpha value is -1.82. The van der Waals surface area contributed by atoms with Crippen LogP contribution < -0.4 is 5.32 Å². The van der Waals surface area contributed by atoms with Gasteiger partial charge in [0.2, 0.25) is 0 Å². The lowest BCUT2D eigenvalue weighted by Gasteiger charge is -2.27. The number of amides is 1. The molecule has 1 aromatic rings. The number of hydrogen-bond donors (Lipinski definition) is 2. The van der Waals surface area contributed by atoms with Crippen molar-refractivity contribution in [3.63, 3.8) is 0 Å². The van der Waals surface area contributed by atoms with Gasteiger partial charge in [-0.15, -0.1) is 0 Å².